The van der Waals surface area contributed by atoms with Gasteiger partial charge in [-0.1, -0.05) is 11.6 Å². The molecule has 1 saturated heterocycles. The maximum Gasteiger partial charge on any atom is 0.242 e. The van der Waals surface area contributed by atoms with Gasteiger partial charge in [-0.3, -0.25) is 14.4 Å². The van der Waals surface area contributed by atoms with Crippen LogP contribution in [0.1, 0.15) is 19.8 Å². The van der Waals surface area contributed by atoms with Gasteiger partial charge in [-0.2, -0.15) is 5.10 Å². The summed E-state index contributed by atoms with van der Waals surface area (Å²) in [5.74, 6) is 0.947. The number of carbonyl (C=O) groups is 1. The van der Waals surface area contributed by atoms with Crippen LogP contribution in [-0.4, -0.2) is 49.7 Å². The lowest BCUT2D eigenvalue weighted by Crippen LogP contribution is -2.47. The van der Waals surface area contributed by atoms with Crippen molar-refractivity contribution in [3.8, 4) is 0 Å². The molecule has 2 aromatic heterocycles. The first-order valence-corrected chi connectivity index (χ1v) is 8.48. The first-order chi connectivity index (χ1) is 11.6. The number of aromatic nitrogens is 4. The highest BCUT2D eigenvalue weighted by atomic mass is 35.5. The fraction of sp³-hybridized carbons (Fsp3) is 0.500. The summed E-state index contributed by atoms with van der Waals surface area (Å²) < 4.78 is 1.86. The van der Waals surface area contributed by atoms with Crippen LogP contribution < -0.4 is 5.32 Å². The van der Waals surface area contributed by atoms with Gasteiger partial charge in [0.25, 0.3) is 0 Å². The molecule has 1 N–H and O–H groups in total. The van der Waals surface area contributed by atoms with E-state index in [0.29, 0.717) is 16.8 Å². The van der Waals surface area contributed by atoms with E-state index in [0.717, 1.165) is 32.5 Å². The van der Waals surface area contributed by atoms with Crippen molar-refractivity contribution in [3.63, 3.8) is 0 Å². The Hall–Kier alpha value is -1.99. The number of amides is 1. The fourth-order valence-corrected chi connectivity index (χ4v) is 3.15. The van der Waals surface area contributed by atoms with Gasteiger partial charge in [0.15, 0.2) is 0 Å². The summed E-state index contributed by atoms with van der Waals surface area (Å²) in [7, 11) is 0. The summed E-state index contributed by atoms with van der Waals surface area (Å²) in [4.78, 5) is 22.8. The monoisotopic (exact) mass is 348 g/mol. The molecule has 0 aromatic carbocycles. The van der Waals surface area contributed by atoms with Crippen LogP contribution >= 0.6 is 11.6 Å². The van der Waals surface area contributed by atoms with Gasteiger partial charge in [0, 0.05) is 19.3 Å². The summed E-state index contributed by atoms with van der Waals surface area (Å²) in [6, 6.07) is 3.21. The molecule has 0 saturated carbocycles. The minimum Gasteiger partial charge on any atom is -0.309 e. The Morgan fingerprint density at radius 3 is 3.08 bits per heavy atom. The SMILES string of the molecule is C[C@H](C(=O)Nc1ccc(Cl)cn1)N1CCC[C@H](Cn2cncn2)C1. The average Bonchev–Trinajstić information content (AvgIpc) is 3.09. The van der Waals surface area contributed by atoms with Crippen molar-refractivity contribution in [2.45, 2.75) is 32.4 Å². The molecule has 7 nitrogen and oxygen atoms in total. The Morgan fingerprint density at radius 1 is 1.50 bits per heavy atom. The van der Waals surface area contributed by atoms with E-state index in [1.165, 1.54) is 6.20 Å². The number of pyridine rings is 1. The number of halogens is 1. The molecule has 0 aliphatic carbocycles. The van der Waals surface area contributed by atoms with Gasteiger partial charge >= 0.3 is 0 Å². The van der Waals surface area contributed by atoms with Crippen LogP contribution in [-0.2, 0) is 11.3 Å². The van der Waals surface area contributed by atoms with E-state index in [9.17, 15) is 4.79 Å². The average molecular weight is 349 g/mol. The molecule has 0 spiro atoms. The zero-order valence-corrected chi connectivity index (χ0v) is 14.4. The van der Waals surface area contributed by atoms with E-state index < -0.39 is 0 Å². The lowest BCUT2D eigenvalue weighted by Gasteiger charge is -2.35. The number of likely N-dealkylation sites (tertiary alicyclic amines) is 1. The molecule has 1 amide bonds. The molecule has 1 fully saturated rings. The molecule has 0 radical (unpaired) electrons. The van der Waals surface area contributed by atoms with Gasteiger partial charge in [0.05, 0.1) is 11.1 Å². The highest BCUT2D eigenvalue weighted by Gasteiger charge is 2.27. The Bertz CT molecular complexity index is 660. The molecule has 24 heavy (non-hydrogen) atoms. The van der Waals surface area contributed by atoms with E-state index in [2.05, 4.69) is 25.3 Å². The maximum absolute atomic E-state index is 12.5. The Balaban J connectivity index is 1.56. The molecular formula is C16H21ClN6O. The van der Waals surface area contributed by atoms with Crippen LogP contribution in [0, 0.1) is 5.92 Å². The van der Waals surface area contributed by atoms with E-state index in [4.69, 9.17) is 11.6 Å². The third kappa shape index (κ3) is 4.30. The molecule has 128 valence electrons. The van der Waals surface area contributed by atoms with Crippen molar-refractivity contribution in [2.75, 3.05) is 18.4 Å². The molecule has 2 atom stereocenters. The van der Waals surface area contributed by atoms with Gasteiger partial charge in [-0.05, 0) is 44.4 Å². The number of nitrogens with zero attached hydrogens (tertiary/aromatic N) is 5. The normalized spacial score (nSPS) is 19.8. The molecule has 1 aliphatic rings. The molecule has 3 heterocycles. The Kier molecular flexibility index (Phi) is 5.42. The van der Waals surface area contributed by atoms with Crippen LogP contribution in [0.4, 0.5) is 5.82 Å². The second-order valence-electron chi connectivity index (χ2n) is 6.15. The Labute approximate surface area is 146 Å². The van der Waals surface area contributed by atoms with Gasteiger partial charge in [0.1, 0.15) is 18.5 Å². The highest BCUT2D eigenvalue weighted by molar-refractivity contribution is 6.30. The van der Waals surface area contributed by atoms with Crippen LogP contribution in [0.3, 0.4) is 0 Å². The van der Waals surface area contributed by atoms with Crippen molar-refractivity contribution >= 4 is 23.3 Å². The van der Waals surface area contributed by atoms with Crippen LogP contribution in [0.2, 0.25) is 5.02 Å². The van der Waals surface area contributed by atoms with Gasteiger partial charge < -0.3 is 5.32 Å². The second-order valence-corrected chi connectivity index (χ2v) is 6.58. The third-order valence-electron chi connectivity index (χ3n) is 4.37. The summed E-state index contributed by atoms with van der Waals surface area (Å²) in [6.07, 6.45) is 7.04. The molecule has 0 bridgehead atoms. The van der Waals surface area contributed by atoms with Gasteiger partial charge in [0.2, 0.25) is 5.91 Å². The lowest BCUT2D eigenvalue weighted by atomic mass is 9.96. The van der Waals surface area contributed by atoms with Crippen LogP contribution in [0.15, 0.2) is 31.0 Å². The smallest absolute Gasteiger partial charge is 0.242 e. The fourth-order valence-electron chi connectivity index (χ4n) is 3.04. The minimum atomic E-state index is -0.207. The van der Waals surface area contributed by atoms with Crippen molar-refractivity contribution in [3.05, 3.63) is 36.0 Å². The Morgan fingerprint density at radius 2 is 2.38 bits per heavy atom. The minimum absolute atomic E-state index is 0.0498. The van der Waals surface area contributed by atoms with Crippen LogP contribution in [0.5, 0.6) is 0 Å². The van der Waals surface area contributed by atoms with Crippen LogP contribution in [0.25, 0.3) is 0 Å². The number of carbonyl (C=O) groups excluding carboxylic acids is 1. The molecule has 0 unspecified atom stereocenters. The standard InChI is InChI=1S/C16H21ClN6O/c1-12(16(24)21-15-5-4-14(17)7-19-15)22-6-2-3-13(8-22)9-23-11-18-10-20-23/h4-5,7,10-13H,2-3,6,8-9H2,1H3,(H,19,21,24)/t12-,13+/m1/s1. The summed E-state index contributed by atoms with van der Waals surface area (Å²) in [5.41, 5.74) is 0. The van der Waals surface area contributed by atoms with Crippen molar-refractivity contribution in [1.29, 1.82) is 0 Å². The predicted octanol–water partition coefficient (Wildman–Crippen LogP) is 2.07. The second kappa shape index (κ2) is 7.72. The number of piperidine rings is 1. The number of hydrogen-bond donors (Lipinski definition) is 1. The summed E-state index contributed by atoms with van der Waals surface area (Å²) in [6.45, 7) is 4.58. The summed E-state index contributed by atoms with van der Waals surface area (Å²) >= 11 is 5.81. The van der Waals surface area contributed by atoms with E-state index >= 15 is 0 Å². The van der Waals surface area contributed by atoms with Crippen molar-refractivity contribution in [1.82, 2.24) is 24.6 Å². The zero-order chi connectivity index (χ0) is 16.9. The maximum atomic E-state index is 12.5. The lowest BCUT2D eigenvalue weighted by molar-refractivity contribution is -0.121. The van der Waals surface area contributed by atoms with Gasteiger partial charge in [-0.25, -0.2) is 9.97 Å². The quantitative estimate of drug-likeness (QED) is 0.895. The van der Waals surface area contributed by atoms with Crippen molar-refractivity contribution < 1.29 is 4.79 Å². The van der Waals surface area contributed by atoms with E-state index in [-0.39, 0.29) is 11.9 Å². The number of rotatable bonds is 5. The third-order valence-corrected chi connectivity index (χ3v) is 4.59. The molecule has 8 heteroatoms. The largest absolute Gasteiger partial charge is 0.309 e. The zero-order valence-electron chi connectivity index (χ0n) is 13.6. The summed E-state index contributed by atoms with van der Waals surface area (Å²) in [5, 5.41) is 7.56. The predicted molar refractivity (Wildman–Crippen MR) is 91.7 cm³/mol. The molecular weight excluding hydrogens is 328 g/mol. The van der Waals surface area contributed by atoms with Gasteiger partial charge in [-0.15, -0.1) is 0 Å². The first-order valence-electron chi connectivity index (χ1n) is 8.10. The molecule has 2 aromatic rings. The molecule has 3 rings (SSSR count). The van der Waals surface area contributed by atoms with Crippen molar-refractivity contribution in [2.24, 2.45) is 5.92 Å². The molecule has 1 aliphatic heterocycles. The highest BCUT2D eigenvalue weighted by Crippen LogP contribution is 2.20. The number of anilines is 1. The number of nitrogens with one attached hydrogen (secondary N) is 1. The topological polar surface area (TPSA) is 75.9 Å². The van der Waals surface area contributed by atoms with E-state index in [1.807, 2.05) is 11.6 Å². The number of hydrogen-bond acceptors (Lipinski definition) is 5. The first kappa shape index (κ1) is 16.9. The van der Waals surface area contributed by atoms with E-state index in [1.54, 1.807) is 24.8 Å².